The molecule has 0 aliphatic heterocycles. The Morgan fingerprint density at radius 3 is 2.16 bits per heavy atom. The van der Waals surface area contributed by atoms with E-state index in [0.717, 1.165) is 12.1 Å². The van der Waals surface area contributed by atoms with Crippen molar-refractivity contribution in [2.45, 2.75) is 27.4 Å². The molecule has 0 bridgehead atoms. The Bertz CT molecular complexity index is 950. The van der Waals surface area contributed by atoms with E-state index in [0.29, 0.717) is 24.2 Å². The number of carboxylic acids is 1. The van der Waals surface area contributed by atoms with Gasteiger partial charge in [-0.3, -0.25) is 4.79 Å². The monoisotopic (exact) mass is 433 g/mol. The van der Waals surface area contributed by atoms with E-state index in [1.807, 2.05) is 13.8 Å². The molecular weight excluding hydrogens is 408 g/mol. The summed E-state index contributed by atoms with van der Waals surface area (Å²) in [7, 11) is 0. The number of hydrogen-bond acceptors (Lipinski definition) is 4. The number of aliphatic carboxylic acids is 1. The van der Waals surface area contributed by atoms with Crippen LogP contribution in [0, 0.1) is 11.6 Å². The minimum absolute atomic E-state index is 0.171. The fraction of sp³-hybridized carbons (Fsp3) is 0.304. The van der Waals surface area contributed by atoms with E-state index in [1.54, 1.807) is 24.0 Å². The summed E-state index contributed by atoms with van der Waals surface area (Å²) in [6, 6.07) is 8.10. The highest BCUT2D eigenvalue weighted by Gasteiger charge is 2.13. The number of carbonyl (C=O) groups excluding carboxylic acids is 1. The Morgan fingerprint density at radius 2 is 1.61 bits per heavy atom. The van der Waals surface area contributed by atoms with Crippen LogP contribution in [0.25, 0.3) is 5.57 Å². The molecule has 0 heterocycles. The van der Waals surface area contributed by atoms with Crippen LogP contribution in [0.3, 0.4) is 0 Å². The number of likely N-dealkylation sites (N-methyl/N-ethyl adjacent to an activating group) is 1. The van der Waals surface area contributed by atoms with Gasteiger partial charge in [-0.15, -0.1) is 0 Å². The Hall–Kier alpha value is -3.42. The SMILES string of the molecule is CCN(CC)C(=O)/C=C(\C)c1cc(OCC(=O)O)cc(OCc2c(F)cccc2F)c1. The van der Waals surface area contributed by atoms with Gasteiger partial charge in [-0.25, -0.2) is 13.6 Å². The van der Waals surface area contributed by atoms with Crippen LogP contribution in [0.1, 0.15) is 31.9 Å². The first-order valence-corrected chi connectivity index (χ1v) is 9.78. The number of amides is 1. The lowest BCUT2D eigenvalue weighted by molar-refractivity contribution is -0.139. The minimum atomic E-state index is -1.16. The van der Waals surface area contributed by atoms with Crippen LogP contribution in [0.4, 0.5) is 8.78 Å². The van der Waals surface area contributed by atoms with Gasteiger partial charge in [-0.05, 0) is 56.2 Å². The average molecular weight is 433 g/mol. The average Bonchev–Trinajstić information content (AvgIpc) is 2.72. The van der Waals surface area contributed by atoms with Gasteiger partial charge in [-0.1, -0.05) is 6.07 Å². The van der Waals surface area contributed by atoms with Crippen LogP contribution in [0.2, 0.25) is 0 Å². The number of allylic oxidation sites excluding steroid dienone is 1. The number of hydrogen-bond donors (Lipinski definition) is 1. The van der Waals surface area contributed by atoms with Gasteiger partial charge in [0.1, 0.15) is 29.7 Å². The number of rotatable bonds is 10. The van der Waals surface area contributed by atoms with Crippen molar-refractivity contribution in [3.8, 4) is 11.5 Å². The maximum absolute atomic E-state index is 13.9. The van der Waals surface area contributed by atoms with Gasteiger partial charge in [0, 0.05) is 25.2 Å². The second kappa shape index (κ2) is 11.1. The Balaban J connectivity index is 2.33. The van der Waals surface area contributed by atoms with Crippen LogP contribution in [-0.4, -0.2) is 41.6 Å². The van der Waals surface area contributed by atoms with Gasteiger partial charge >= 0.3 is 5.97 Å². The molecule has 0 fully saturated rings. The number of carboxylic acid groups (broad SMARTS) is 1. The minimum Gasteiger partial charge on any atom is -0.489 e. The largest absolute Gasteiger partial charge is 0.489 e. The number of ether oxygens (including phenoxy) is 2. The van der Waals surface area contributed by atoms with E-state index in [1.165, 1.54) is 18.2 Å². The van der Waals surface area contributed by atoms with E-state index in [4.69, 9.17) is 14.6 Å². The van der Waals surface area contributed by atoms with E-state index in [9.17, 15) is 18.4 Å². The third-order valence-electron chi connectivity index (χ3n) is 4.56. The van der Waals surface area contributed by atoms with Crippen LogP contribution >= 0.6 is 0 Å². The van der Waals surface area contributed by atoms with Crippen molar-refractivity contribution < 1.29 is 33.0 Å². The summed E-state index contributed by atoms with van der Waals surface area (Å²) < 4.78 is 38.5. The Labute approximate surface area is 179 Å². The smallest absolute Gasteiger partial charge is 0.341 e. The highest BCUT2D eigenvalue weighted by Crippen LogP contribution is 2.28. The second-order valence-electron chi connectivity index (χ2n) is 6.70. The molecule has 0 aliphatic carbocycles. The fourth-order valence-electron chi connectivity index (χ4n) is 2.83. The molecule has 0 aromatic heterocycles. The highest BCUT2D eigenvalue weighted by atomic mass is 19.1. The number of carbonyl (C=O) groups is 2. The van der Waals surface area contributed by atoms with Crippen LogP contribution < -0.4 is 9.47 Å². The molecule has 0 aliphatic rings. The third kappa shape index (κ3) is 6.80. The summed E-state index contributed by atoms with van der Waals surface area (Å²) >= 11 is 0. The first-order chi connectivity index (χ1) is 14.7. The molecule has 166 valence electrons. The number of benzene rings is 2. The van der Waals surface area contributed by atoms with E-state index in [-0.39, 0.29) is 29.6 Å². The quantitative estimate of drug-likeness (QED) is 0.566. The molecule has 2 aromatic rings. The lowest BCUT2D eigenvalue weighted by Gasteiger charge is -2.17. The molecule has 0 unspecified atom stereocenters. The van der Waals surface area contributed by atoms with E-state index >= 15 is 0 Å². The number of halogens is 2. The first kappa shape index (κ1) is 23.9. The zero-order chi connectivity index (χ0) is 23.0. The van der Waals surface area contributed by atoms with Crippen molar-refractivity contribution in [3.05, 3.63) is 65.2 Å². The molecule has 6 nitrogen and oxygen atoms in total. The maximum Gasteiger partial charge on any atom is 0.341 e. The van der Waals surface area contributed by atoms with Crippen LogP contribution in [-0.2, 0) is 16.2 Å². The maximum atomic E-state index is 13.9. The molecule has 8 heteroatoms. The molecule has 0 saturated carbocycles. The fourth-order valence-corrected chi connectivity index (χ4v) is 2.83. The zero-order valence-electron chi connectivity index (χ0n) is 17.7. The molecule has 2 aromatic carbocycles. The standard InChI is InChI=1S/C23H25F2NO5/c1-4-26(5-2)22(27)9-15(3)16-10-17(12-18(11-16)31-14-23(28)29)30-13-19-20(24)7-6-8-21(19)25/h6-12H,4-5,13-14H2,1-3H3,(H,28,29)/b15-9+. The molecule has 1 amide bonds. The summed E-state index contributed by atoms with van der Waals surface area (Å²) in [5.41, 5.74) is 0.914. The lowest BCUT2D eigenvalue weighted by atomic mass is 10.1. The van der Waals surface area contributed by atoms with Crippen molar-refractivity contribution in [2.75, 3.05) is 19.7 Å². The molecule has 1 N–H and O–H groups in total. The molecule has 2 rings (SSSR count). The summed E-state index contributed by atoms with van der Waals surface area (Å²) in [6.07, 6.45) is 1.46. The van der Waals surface area contributed by atoms with Crippen molar-refractivity contribution in [3.63, 3.8) is 0 Å². The molecule has 31 heavy (non-hydrogen) atoms. The zero-order valence-corrected chi connectivity index (χ0v) is 17.7. The molecule has 0 atom stereocenters. The van der Waals surface area contributed by atoms with Gasteiger partial charge in [0.2, 0.25) is 5.91 Å². The molecular formula is C23H25F2NO5. The van der Waals surface area contributed by atoms with Gasteiger partial charge in [0.15, 0.2) is 6.61 Å². The van der Waals surface area contributed by atoms with Crippen LogP contribution in [0.5, 0.6) is 11.5 Å². The topological polar surface area (TPSA) is 76.1 Å². The predicted molar refractivity (Wildman–Crippen MR) is 112 cm³/mol. The highest BCUT2D eigenvalue weighted by molar-refractivity contribution is 5.95. The van der Waals surface area contributed by atoms with Crippen molar-refractivity contribution in [1.29, 1.82) is 0 Å². The second-order valence-corrected chi connectivity index (χ2v) is 6.70. The molecule has 0 spiro atoms. The third-order valence-corrected chi connectivity index (χ3v) is 4.56. The van der Waals surface area contributed by atoms with Crippen LogP contribution in [0.15, 0.2) is 42.5 Å². The predicted octanol–water partition coefficient (Wildman–Crippen LogP) is 4.28. The van der Waals surface area contributed by atoms with Gasteiger partial charge < -0.3 is 19.5 Å². The van der Waals surface area contributed by atoms with Gasteiger partial charge in [0.05, 0.1) is 5.56 Å². The van der Waals surface area contributed by atoms with Crippen molar-refractivity contribution >= 4 is 17.4 Å². The van der Waals surface area contributed by atoms with Gasteiger partial charge in [-0.2, -0.15) is 0 Å². The first-order valence-electron chi connectivity index (χ1n) is 9.78. The summed E-state index contributed by atoms with van der Waals surface area (Å²) in [6.45, 7) is 5.63. The summed E-state index contributed by atoms with van der Waals surface area (Å²) in [5, 5.41) is 8.87. The van der Waals surface area contributed by atoms with E-state index in [2.05, 4.69) is 0 Å². The molecule has 0 saturated heterocycles. The lowest BCUT2D eigenvalue weighted by Crippen LogP contribution is -2.28. The van der Waals surface area contributed by atoms with E-state index < -0.39 is 24.2 Å². The molecule has 0 radical (unpaired) electrons. The Morgan fingerprint density at radius 1 is 1.03 bits per heavy atom. The van der Waals surface area contributed by atoms with Gasteiger partial charge in [0.25, 0.3) is 0 Å². The van der Waals surface area contributed by atoms with Crippen molar-refractivity contribution in [2.24, 2.45) is 0 Å². The number of nitrogens with zero attached hydrogens (tertiary/aromatic N) is 1. The Kier molecular flexibility index (Phi) is 8.54. The van der Waals surface area contributed by atoms with Crippen molar-refractivity contribution in [1.82, 2.24) is 4.90 Å². The summed E-state index contributed by atoms with van der Waals surface area (Å²) in [4.78, 5) is 24.9. The summed E-state index contributed by atoms with van der Waals surface area (Å²) in [5.74, 6) is -2.41. The normalized spacial score (nSPS) is 11.2.